The van der Waals surface area contributed by atoms with E-state index in [0.29, 0.717) is 0 Å². The van der Waals surface area contributed by atoms with Crippen LogP contribution in [0.3, 0.4) is 0 Å². The van der Waals surface area contributed by atoms with Crippen LogP contribution in [0.1, 0.15) is 25.0 Å². The number of benzene rings is 1. The molecule has 0 atom stereocenters. The second kappa shape index (κ2) is 4.03. The third-order valence-electron chi connectivity index (χ3n) is 2.22. The molecule has 1 aromatic rings. The van der Waals surface area contributed by atoms with Crippen molar-refractivity contribution in [2.24, 2.45) is 0 Å². The maximum atomic E-state index is 9.43. The molecule has 0 radical (unpaired) electrons. The van der Waals surface area contributed by atoms with Crippen LogP contribution in [0.15, 0.2) is 18.2 Å². The van der Waals surface area contributed by atoms with Gasteiger partial charge in [0.2, 0.25) is 0 Å². The molecule has 0 saturated heterocycles. The van der Waals surface area contributed by atoms with Crippen LogP contribution in [0, 0.1) is 6.92 Å². The largest absolute Gasteiger partial charge is 0.434 e. The smallest absolute Gasteiger partial charge is 0.384 e. The van der Waals surface area contributed by atoms with E-state index in [1.807, 2.05) is 13.8 Å². The summed E-state index contributed by atoms with van der Waals surface area (Å²) in [6, 6.07) is 4.53. The fourth-order valence-corrected chi connectivity index (χ4v) is 1.41. The molecule has 5 heteroatoms. The fourth-order valence-electron chi connectivity index (χ4n) is 1.41. The van der Waals surface area contributed by atoms with Gasteiger partial charge in [-0.2, -0.15) is 0 Å². The van der Waals surface area contributed by atoms with E-state index in [1.165, 1.54) is 12.1 Å². The minimum atomic E-state index is -3.00. The molecule has 0 aliphatic carbocycles. The van der Waals surface area contributed by atoms with Gasteiger partial charge in [-0.1, -0.05) is 25.5 Å². The Bertz CT molecular complexity index is 384. The van der Waals surface area contributed by atoms with Gasteiger partial charge >= 0.3 is 5.97 Å². The van der Waals surface area contributed by atoms with E-state index < -0.39 is 11.8 Å². The standard InChI is InChI=1S/C9H10O5.C2H6/c1-5-2-3-7-6(4-5)8(10,11)9(12,13)14-7;1-2/h2-4,10-13H,1H3;1-2H3. The van der Waals surface area contributed by atoms with Gasteiger partial charge in [-0.25, -0.2) is 0 Å². The summed E-state index contributed by atoms with van der Waals surface area (Å²) >= 11 is 0. The molecule has 1 aliphatic rings. The number of fused-ring (bicyclic) bond motifs is 1. The molecule has 0 bridgehead atoms. The van der Waals surface area contributed by atoms with Crippen molar-refractivity contribution in [3.05, 3.63) is 29.3 Å². The van der Waals surface area contributed by atoms with Gasteiger partial charge in [-0.15, -0.1) is 0 Å². The van der Waals surface area contributed by atoms with Crippen LogP contribution in [0.2, 0.25) is 0 Å². The summed E-state index contributed by atoms with van der Waals surface area (Å²) in [7, 11) is 0. The number of aliphatic hydroxyl groups is 4. The van der Waals surface area contributed by atoms with Crippen LogP contribution in [0.5, 0.6) is 5.75 Å². The quantitative estimate of drug-likeness (QED) is 0.476. The number of rotatable bonds is 0. The Morgan fingerprint density at radius 2 is 1.62 bits per heavy atom. The number of hydrogen-bond acceptors (Lipinski definition) is 5. The Labute approximate surface area is 93.5 Å². The Morgan fingerprint density at radius 1 is 1.06 bits per heavy atom. The molecule has 0 fully saturated rings. The van der Waals surface area contributed by atoms with Crippen molar-refractivity contribution < 1.29 is 25.2 Å². The van der Waals surface area contributed by atoms with Crippen molar-refractivity contribution in [3.63, 3.8) is 0 Å². The Balaban J connectivity index is 0.000000606. The Morgan fingerprint density at radius 3 is 2.19 bits per heavy atom. The maximum Gasteiger partial charge on any atom is 0.384 e. The number of aryl methyl sites for hydroxylation is 1. The first-order valence-electron chi connectivity index (χ1n) is 5.04. The highest BCUT2D eigenvalue weighted by atomic mass is 16.8. The van der Waals surface area contributed by atoms with Crippen LogP contribution >= 0.6 is 0 Å². The molecule has 0 amide bonds. The van der Waals surface area contributed by atoms with Gasteiger partial charge in [-0.05, 0) is 19.1 Å². The minimum Gasteiger partial charge on any atom is -0.434 e. The van der Waals surface area contributed by atoms with Crippen molar-refractivity contribution in [1.82, 2.24) is 0 Å². The highest BCUT2D eigenvalue weighted by Gasteiger charge is 2.58. The van der Waals surface area contributed by atoms with Gasteiger partial charge in [0, 0.05) is 0 Å². The van der Waals surface area contributed by atoms with Crippen molar-refractivity contribution in [1.29, 1.82) is 0 Å². The molecule has 1 aliphatic heterocycles. The molecule has 16 heavy (non-hydrogen) atoms. The maximum absolute atomic E-state index is 9.43. The molecule has 5 nitrogen and oxygen atoms in total. The summed E-state index contributed by atoms with van der Waals surface area (Å²) in [4.78, 5) is 0. The Kier molecular flexibility index (Phi) is 3.25. The van der Waals surface area contributed by atoms with Crippen molar-refractivity contribution in [2.45, 2.75) is 32.5 Å². The lowest BCUT2D eigenvalue weighted by molar-refractivity contribution is -0.426. The van der Waals surface area contributed by atoms with Crippen LogP contribution in [-0.4, -0.2) is 26.4 Å². The van der Waals surface area contributed by atoms with Gasteiger partial charge in [-0.3, -0.25) is 0 Å². The number of hydrogen-bond donors (Lipinski definition) is 4. The highest BCUT2D eigenvalue weighted by Crippen LogP contribution is 2.43. The lowest BCUT2D eigenvalue weighted by Crippen LogP contribution is -2.51. The predicted molar refractivity (Wildman–Crippen MR) is 56.4 cm³/mol. The van der Waals surface area contributed by atoms with Gasteiger partial charge in [0.25, 0.3) is 5.79 Å². The van der Waals surface area contributed by atoms with Crippen LogP contribution < -0.4 is 4.74 Å². The predicted octanol–water partition coefficient (Wildman–Crippen LogP) is 0.189. The molecule has 4 N–H and O–H groups in total. The molecule has 0 spiro atoms. The molecule has 0 unspecified atom stereocenters. The summed E-state index contributed by atoms with van der Waals surface area (Å²) in [5.74, 6) is -5.75. The molecule has 0 saturated carbocycles. The highest BCUT2D eigenvalue weighted by molar-refractivity contribution is 5.43. The van der Waals surface area contributed by atoms with Crippen molar-refractivity contribution in [3.8, 4) is 5.75 Å². The first kappa shape index (κ1) is 12.9. The van der Waals surface area contributed by atoms with Gasteiger partial charge in [0.15, 0.2) is 0 Å². The zero-order valence-electron chi connectivity index (χ0n) is 9.43. The summed E-state index contributed by atoms with van der Waals surface area (Å²) < 4.78 is 4.58. The van der Waals surface area contributed by atoms with E-state index in [-0.39, 0.29) is 11.3 Å². The third kappa shape index (κ3) is 1.78. The summed E-state index contributed by atoms with van der Waals surface area (Å²) in [5.41, 5.74) is 0.708. The fraction of sp³-hybridized carbons (Fsp3) is 0.455. The van der Waals surface area contributed by atoms with Crippen molar-refractivity contribution in [2.75, 3.05) is 0 Å². The second-order valence-corrected chi connectivity index (χ2v) is 3.38. The van der Waals surface area contributed by atoms with Crippen molar-refractivity contribution >= 4 is 0 Å². The zero-order chi connectivity index (χ0) is 12.6. The van der Waals surface area contributed by atoms with E-state index in [4.69, 9.17) is 10.2 Å². The first-order valence-corrected chi connectivity index (χ1v) is 5.04. The third-order valence-corrected chi connectivity index (χ3v) is 2.22. The van der Waals surface area contributed by atoms with Gasteiger partial charge < -0.3 is 25.2 Å². The minimum absolute atomic E-state index is 0.0469. The lowest BCUT2D eigenvalue weighted by atomic mass is 10.0. The molecular weight excluding hydrogens is 212 g/mol. The van der Waals surface area contributed by atoms with Gasteiger partial charge in [0.05, 0.1) is 5.56 Å². The average Bonchev–Trinajstić information content (AvgIpc) is 2.39. The molecule has 1 heterocycles. The SMILES string of the molecule is CC.Cc1ccc2c(c1)C(O)(O)C(O)(O)O2. The van der Waals surface area contributed by atoms with Crippen LogP contribution in [-0.2, 0) is 5.79 Å². The van der Waals surface area contributed by atoms with E-state index in [1.54, 1.807) is 13.0 Å². The topological polar surface area (TPSA) is 90.2 Å². The first-order chi connectivity index (χ1) is 7.34. The lowest BCUT2D eigenvalue weighted by Gasteiger charge is -2.25. The van der Waals surface area contributed by atoms with Crippen LogP contribution in [0.25, 0.3) is 0 Å². The molecular formula is C11H16O5. The summed E-state index contributed by atoms with van der Waals surface area (Å²) in [6.45, 7) is 5.74. The molecule has 1 aromatic carbocycles. The molecule has 90 valence electrons. The number of ether oxygens (including phenoxy) is 1. The zero-order valence-corrected chi connectivity index (χ0v) is 9.43. The Hall–Kier alpha value is -1.14. The van der Waals surface area contributed by atoms with E-state index in [9.17, 15) is 10.2 Å². The summed E-state index contributed by atoms with van der Waals surface area (Å²) in [6.07, 6.45) is 0. The van der Waals surface area contributed by atoms with Crippen LogP contribution in [0.4, 0.5) is 0 Å². The van der Waals surface area contributed by atoms with Gasteiger partial charge in [0.1, 0.15) is 5.75 Å². The molecule has 2 rings (SSSR count). The van der Waals surface area contributed by atoms with E-state index in [2.05, 4.69) is 4.74 Å². The molecule has 0 aromatic heterocycles. The monoisotopic (exact) mass is 228 g/mol. The normalized spacial score (nSPS) is 19.2. The second-order valence-electron chi connectivity index (χ2n) is 3.38. The van der Waals surface area contributed by atoms with E-state index in [0.717, 1.165) is 5.56 Å². The summed E-state index contributed by atoms with van der Waals surface area (Å²) in [5, 5.41) is 37.2. The van der Waals surface area contributed by atoms with E-state index >= 15 is 0 Å². The average molecular weight is 228 g/mol.